The molecule has 1 saturated heterocycles. The molecule has 2 aromatic rings. The number of benzene rings is 1. The van der Waals surface area contributed by atoms with Crippen molar-refractivity contribution in [1.29, 1.82) is 0 Å². The number of anilines is 1. The van der Waals surface area contributed by atoms with Crippen molar-refractivity contribution in [3.8, 4) is 0 Å². The third-order valence-corrected chi connectivity index (χ3v) is 5.29. The molecule has 0 unspecified atom stereocenters. The molecule has 2 heterocycles. The number of nitrogens with two attached hydrogens (primary N) is 1. The van der Waals surface area contributed by atoms with E-state index in [-0.39, 0.29) is 0 Å². The molecule has 0 spiro atoms. The number of nitrogens with zero attached hydrogens (tertiary/aromatic N) is 4. The molecule has 5 nitrogen and oxygen atoms in total. The molecule has 2 N–H and O–H groups in total. The number of nitrogen functional groups attached to an aromatic ring is 1. The molecule has 122 valence electrons. The van der Waals surface area contributed by atoms with Crippen LogP contribution in [0.15, 0.2) is 24.3 Å². The number of hydrogen-bond acceptors (Lipinski definition) is 5. The molecule has 4 rings (SSSR count). The van der Waals surface area contributed by atoms with Crippen molar-refractivity contribution in [2.24, 2.45) is 0 Å². The van der Waals surface area contributed by atoms with Gasteiger partial charge in [0, 0.05) is 37.6 Å². The predicted octanol–water partition coefficient (Wildman–Crippen LogP) is 2.27. The van der Waals surface area contributed by atoms with Crippen LogP contribution in [0, 0.1) is 0 Å². The van der Waals surface area contributed by atoms with Gasteiger partial charge in [0.05, 0.1) is 12.1 Å². The Morgan fingerprint density at radius 2 is 1.74 bits per heavy atom. The summed E-state index contributed by atoms with van der Waals surface area (Å²) in [6.07, 6.45) is 5.61. The zero-order valence-electron chi connectivity index (χ0n) is 13.6. The Hall–Kier alpha value is -1.72. The van der Waals surface area contributed by atoms with Gasteiger partial charge in [-0.15, -0.1) is 0 Å². The van der Waals surface area contributed by atoms with Gasteiger partial charge in [-0.2, -0.15) is 0 Å². The van der Waals surface area contributed by atoms with Gasteiger partial charge in [-0.1, -0.05) is 25.0 Å². The highest BCUT2D eigenvalue weighted by molar-refractivity contribution is 5.87. The van der Waals surface area contributed by atoms with E-state index < -0.39 is 0 Å². The lowest BCUT2D eigenvalue weighted by atomic mass is 10.2. The Bertz CT molecular complexity index is 672. The Morgan fingerprint density at radius 1 is 1.00 bits per heavy atom. The molecular formula is C18H25N5. The zero-order chi connectivity index (χ0) is 15.6. The van der Waals surface area contributed by atoms with Crippen LogP contribution in [0.1, 0.15) is 31.5 Å². The van der Waals surface area contributed by atoms with Crippen LogP contribution in [-0.4, -0.2) is 52.0 Å². The minimum atomic E-state index is 0.593. The second kappa shape index (κ2) is 6.42. The summed E-state index contributed by atoms with van der Waals surface area (Å²) >= 11 is 0. The number of fused-ring (bicyclic) bond motifs is 1. The average Bonchev–Trinajstić information content (AvgIpc) is 3.10. The monoisotopic (exact) mass is 311 g/mol. The summed E-state index contributed by atoms with van der Waals surface area (Å²) < 4.78 is 0. The highest BCUT2D eigenvalue weighted by Gasteiger charge is 2.26. The number of hydrogen-bond donors (Lipinski definition) is 1. The molecule has 1 aliphatic carbocycles. The van der Waals surface area contributed by atoms with E-state index in [2.05, 4.69) is 19.8 Å². The summed E-state index contributed by atoms with van der Waals surface area (Å²) in [5.74, 6) is 1.44. The SMILES string of the molecule is Nc1nc(CN2CCN(C3CCCC3)CC2)nc2ccccc12. The molecule has 2 aliphatic rings. The van der Waals surface area contributed by atoms with Crippen molar-refractivity contribution in [3.63, 3.8) is 0 Å². The van der Waals surface area contributed by atoms with E-state index in [9.17, 15) is 0 Å². The van der Waals surface area contributed by atoms with E-state index in [1.54, 1.807) is 0 Å². The quantitative estimate of drug-likeness (QED) is 0.942. The topological polar surface area (TPSA) is 58.3 Å². The van der Waals surface area contributed by atoms with Gasteiger partial charge in [0.1, 0.15) is 11.6 Å². The first-order valence-electron chi connectivity index (χ1n) is 8.77. The van der Waals surface area contributed by atoms with Crippen LogP contribution in [0.5, 0.6) is 0 Å². The van der Waals surface area contributed by atoms with Crippen LogP contribution in [0.4, 0.5) is 5.82 Å². The molecule has 0 radical (unpaired) electrons. The van der Waals surface area contributed by atoms with E-state index in [0.717, 1.165) is 42.4 Å². The van der Waals surface area contributed by atoms with E-state index in [1.807, 2.05) is 24.3 Å². The van der Waals surface area contributed by atoms with Crippen LogP contribution < -0.4 is 5.73 Å². The normalized spacial score (nSPS) is 21.2. The third-order valence-electron chi connectivity index (χ3n) is 5.29. The molecule has 1 aliphatic heterocycles. The van der Waals surface area contributed by atoms with Gasteiger partial charge in [0.25, 0.3) is 0 Å². The summed E-state index contributed by atoms with van der Waals surface area (Å²) in [6.45, 7) is 5.36. The van der Waals surface area contributed by atoms with Gasteiger partial charge in [-0.05, 0) is 25.0 Å². The fourth-order valence-electron chi connectivity index (χ4n) is 3.98. The van der Waals surface area contributed by atoms with E-state index >= 15 is 0 Å². The summed E-state index contributed by atoms with van der Waals surface area (Å²) in [6, 6.07) is 8.80. The second-order valence-corrected chi connectivity index (χ2v) is 6.79. The smallest absolute Gasteiger partial charge is 0.145 e. The van der Waals surface area contributed by atoms with Gasteiger partial charge < -0.3 is 5.73 Å². The van der Waals surface area contributed by atoms with Gasteiger partial charge in [0.2, 0.25) is 0 Å². The highest BCUT2D eigenvalue weighted by atomic mass is 15.3. The maximum absolute atomic E-state index is 6.09. The maximum Gasteiger partial charge on any atom is 0.145 e. The van der Waals surface area contributed by atoms with Crippen LogP contribution >= 0.6 is 0 Å². The molecule has 1 aromatic carbocycles. The standard InChI is InChI=1S/C18H25N5/c19-18-15-7-3-4-8-16(15)20-17(21-18)13-22-9-11-23(12-10-22)14-5-1-2-6-14/h3-4,7-8,14H,1-2,5-6,9-13H2,(H2,19,20,21). The minimum Gasteiger partial charge on any atom is -0.383 e. The first-order chi connectivity index (χ1) is 11.3. The molecule has 1 saturated carbocycles. The highest BCUT2D eigenvalue weighted by Crippen LogP contribution is 2.24. The van der Waals surface area contributed by atoms with E-state index in [0.29, 0.717) is 5.82 Å². The minimum absolute atomic E-state index is 0.593. The predicted molar refractivity (Wildman–Crippen MR) is 93.1 cm³/mol. The molecule has 5 heteroatoms. The number of para-hydroxylation sites is 1. The molecule has 1 aromatic heterocycles. The van der Waals surface area contributed by atoms with Crippen molar-refractivity contribution in [2.75, 3.05) is 31.9 Å². The van der Waals surface area contributed by atoms with Crippen LogP contribution in [0.25, 0.3) is 10.9 Å². The largest absolute Gasteiger partial charge is 0.383 e. The Balaban J connectivity index is 1.41. The molecule has 0 bridgehead atoms. The number of aromatic nitrogens is 2. The van der Waals surface area contributed by atoms with Crippen LogP contribution in [0.3, 0.4) is 0 Å². The van der Waals surface area contributed by atoms with Gasteiger partial charge >= 0.3 is 0 Å². The fraction of sp³-hybridized carbons (Fsp3) is 0.556. The van der Waals surface area contributed by atoms with Gasteiger partial charge in [0.15, 0.2) is 0 Å². The molecule has 23 heavy (non-hydrogen) atoms. The maximum atomic E-state index is 6.09. The van der Waals surface area contributed by atoms with Gasteiger partial charge in [-0.3, -0.25) is 9.80 Å². The van der Waals surface area contributed by atoms with Crippen molar-refractivity contribution >= 4 is 16.7 Å². The van der Waals surface area contributed by atoms with E-state index in [4.69, 9.17) is 5.73 Å². The van der Waals surface area contributed by atoms with Crippen molar-refractivity contribution < 1.29 is 0 Å². The van der Waals surface area contributed by atoms with Crippen LogP contribution in [0.2, 0.25) is 0 Å². The Kier molecular flexibility index (Phi) is 4.14. The Morgan fingerprint density at radius 3 is 2.52 bits per heavy atom. The second-order valence-electron chi connectivity index (χ2n) is 6.79. The van der Waals surface area contributed by atoms with Crippen molar-refractivity contribution in [2.45, 2.75) is 38.3 Å². The molecule has 0 amide bonds. The first-order valence-corrected chi connectivity index (χ1v) is 8.77. The molecule has 0 atom stereocenters. The third kappa shape index (κ3) is 3.16. The lowest BCUT2D eigenvalue weighted by Gasteiger charge is -2.37. The summed E-state index contributed by atoms with van der Waals surface area (Å²) in [7, 11) is 0. The first kappa shape index (κ1) is 14.8. The van der Waals surface area contributed by atoms with Gasteiger partial charge in [-0.25, -0.2) is 9.97 Å². The summed E-state index contributed by atoms with van der Waals surface area (Å²) in [5.41, 5.74) is 7.03. The van der Waals surface area contributed by atoms with Crippen LogP contribution in [-0.2, 0) is 6.54 Å². The molecular weight excluding hydrogens is 286 g/mol. The number of rotatable bonds is 3. The lowest BCUT2D eigenvalue weighted by molar-refractivity contribution is 0.0922. The number of piperazine rings is 1. The Labute approximate surface area is 137 Å². The zero-order valence-corrected chi connectivity index (χ0v) is 13.6. The average molecular weight is 311 g/mol. The van der Waals surface area contributed by atoms with Crippen molar-refractivity contribution in [1.82, 2.24) is 19.8 Å². The summed E-state index contributed by atoms with van der Waals surface area (Å²) in [5, 5.41) is 0.947. The lowest BCUT2D eigenvalue weighted by Crippen LogP contribution is -2.49. The molecule has 2 fully saturated rings. The summed E-state index contributed by atoms with van der Waals surface area (Å²) in [4.78, 5) is 14.3. The van der Waals surface area contributed by atoms with Crippen molar-refractivity contribution in [3.05, 3.63) is 30.1 Å². The fourth-order valence-corrected chi connectivity index (χ4v) is 3.98. The van der Waals surface area contributed by atoms with E-state index in [1.165, 1.54) is 38.8 Å².